The molecule has 2 rings (SSSR count). The summed E-state index contributed by atoms with van der Waals surface area (Å²) in [6, 6.07) is 4.49. The van der Waals surface area contributed by atoms with E-state index < -0.39 is 18.5 Å². The zero-order valence-corrected chi connectivity index (χ0v) is 10.3. The molecule has 0 bridgehead atoms. The molecule has 1 aromatic carbocycles. The Morgan fingerprint density at radius 2 is 1.74 bits per heavy atom. The summed E-state index contributed by atoms with van der Waals surface area (Å²) in [5.74, 6) is -0.504. The number of hydrogen-bond donors (Lipinski definition) is 1. The largest absolute Gasteiger partial charge is 0.401 e. The van der Waals surface area contributed by atoms with Crippen molar-refractivity contribution in [1.82, 2.24) is 4.90 Å². The van der Waals surface area contributed by atoms with E-state index in [1.165, 1.54) is 11.0 Å². The third kappa shape index (κ3) is 3.50. The maximum absolute atomic E-state index is 13.3. The number of anilines is 2. The number of nitrogens with zero attached hydrogens (tertiary/aromatic N) is 2. The van der Waals surface area contributed by atoms with Crippen molar-refractivity contribution in [3.05, 3.63) is 24.0 Å². The number of benzene rings is 1. The molecule has 1 fully saturated rings. The maximum atomic E-state index is 13.3. The van der Waals surface area contributed by atoms with Crippen LogP contribution in [0, 0.1) is 5.82 Å². The van der Waals surface area contributed by atoms with Crippen molar-refractivity contribution >= 4 is 11.4 Å². The van der Waals surface area contributed by atoms with Crippen molar-refractivity contribution in [2.75, 3.05) is 43.4 Å². The first-order chi connectivity index (χ1) is 8.87. The van der Waals surface area contributed by atoms with E-state index in [1.807, 2.05) is 4.90 Å². The van der Waals surface area contributed by atoms with E-state index in [-0.39, 0.29) is 18.8 Å². The van der Waals surface area contributed by atoms with Gasteiger partial charge in [-0.3, -0.25) is 4.90 Å². The zero-order chi connectivity index (χ0) is 14.0. The lowest BCUT2D eigenvalue weighted by molar-refractivity contribution is -0.146. The third-order valence-electron chi connectivity index (χ3n) is 3.15. The van der Waals surface area contributed by atoms with Crippen molar-refractivity contribution in [3.63, 3.8) is 0 Å². The van der Waals surface area contributed by atoms with E-state index in [4.69, 9.17) is 5.73 Å². The summed E-state index contributed by atoms with van der Waals surface area (Å²) in [5, 5.41) is 0. The molecule has 0 unspecified atom stereocenters. The normalized spacial score (nSPS) is 17.8. The number of rotatable bonds is 2. The molecule has 7 heteroatoms. The lowest BCUT2D eigenvalue weighted by Gasteiger charge is -2.36. The van der Waals surface area contributed by atoms with Gasteiger partial charge in [0.15, 0.2) is 0 Å². The molecule has 1 saturated heterocycles. The van der Waals surface area contributed by atoms with Gasteiger partial charge in [0.05, 0.1) is 17.9 Å². The summed E-state index contributed by atoms with van der Waals surface area (Å²) in [6.07, 6.45) is -4.18. The highest BCUT2D eigenvalue weighted by atomic mass is 19.4. The first kappa shape index (κ1) is 13.9. The van der Waals surface area contributed by atoms with Crippen LogP contribution >= 0.6 is 0 Å². The van der Waals surface area contributed by atoms with E-state index in [0.717, 1.165) is 0 Å². The van der Waals surface area contributed by atoms with Crippen molar-refractivity contribution in [1.29, 1.82) is 0 Å². The summed E-state index contributed by atoms with van der Waals surface area (Å²) in [5.41, 5.74) is 6.24. The van der Waals surface area contributed by atoms with Crippen molar-refractivity contribution < 1.29 is 17.6 Å². The van der Waals surface area contributed by atoms with Gasteiger partial charge in [0.2, 0.25) is 0 Å². The minimum atomic E-state index is -4.18. The van der Waals surface area contributed by atoms with E-state index in [2.05, 4.69) is 0 Å². The molecule has 19 heavy (non-hydrogen) atoms. The number of nitrogen functional groups attached to an aromatic ring is 1. The van der Waals surface area contributed by atoms with Crippen molar-refractivity contribution in [2.24, 2.45) is 0 Å². The Kier molecular flexibility index (Phi) is 3.84. The smallest absolute Gasteiger partial charge is 0.395 e. The second kappa shape index (κ2) is 5.24. The number of halogens is 4. The molecule has 0 aromatic heterocycles. The molecule has 0 radical (unpaired) electrons. The lowest BCUT2D eigenvalue weighted by atomic mass is 10.2. The molecule has 106 valence electrons. The Labute approximate surface area is 108 Å². The molecule has 0 saturated carbocycles. The highest BCUT2D eigenvalue weighted by molar-refractivity contribution is 5.68. The highest BCUT2D eigenvalue weighted by Crippen LogP contribution is 2.27. The van der Waals surface area contributed by atoms with Crippen LogP contribution in [0.4, 0.5) is 28.9 Å². The van der Waals surface area contributed by atoms with Gasteiger partial charge >= 0.3 is 6.18 Å². The van der Waals surface area contributed by atoms with E-state index in [1.54, 1.807) is 12.1 Å². The fraction of sp³-hybridized carbons (Fsp3) is 0.500. The van der Waals surface area contributed by atoms with E-state index >= 15 is 0 Å². The Morgan fingerprint density at radius 3 is 2.32 bits per heavy atom. The molecule has 1 aliphatic rings. The Hall–Kier alpha value is -1.50. The highest BCUT2D eigenvalue weighted by Gasteiger charge is 2.32. The van der Waals surface area contributed by atoms with Crippen molar-refractivity contribution in [3.8, 4) is 0 Å². The van der Waals surface area contributed by atoms with Crippen LogP contribution in [-0.4, -0.2) is 43.8 Å². The van der Waals surface area contributed by atoms with Gasteiger partial charge in [0.1, 0.15) is 5.82 Å². The molecular weight excluding hydrogens is 262 g/mol. The lowest BCUT2D eigenvalue weighted by Crippen LogP contribution is -2.49. The van der Waals surface area contributed by atoms with E-state index in [9.17, 15) is 17.6 Å². The quantitative estimate of drug-likeness (QED) is 0.663. The van der Waals surface area contributed by atoms with Gasteiger partial charge in [-0.15, -0.1) is 0 Å². The molecule has 0 aliphatic carbocycles. The van der Waals surface area contributed by atoms with Gasteiger partial charge < -0.3 is 10.6 Å². The predicted molar refractivity (Wildman–Crippen MR) is 65.5 cm³/mol. The maximum Gasteiger partial charge on any atom is 0.401 e. The summed E-state index contributed by atoms with van der Waals surface area (Å²) >= 11 is 0. The number of piperazine rings is 1. The fourth-order valence-corrected chi connectivity index (χ4v) is 2.20. The monoisotopic (exact) mass is 277 g/mol. The molecule has 1 heterocycles. The number of hydrogen-bond acceptors (Lipinski definition) is 3. The first-order valence-corrected chi connectivity index (χ1v) is 5.95. The average Bonchev–Trinajstić information content (AvgIpc) is 2.32. The SMILES string of the molecule is Nc1c(F)cccc1N1CCN(CC(F)(F)F)CC1. The second-order valence-electron chi connectivity index (χ2n) is 4.55. The number of para-hydroxylation sites is 1. The van der Waals surface area contributed by atoms with Crippen LogP contribution in [0.5, 0.6) is 0 Å². The van der Waals surface area contributed by atoms with E-state index in [0.29, 0.717) is 18.8 Å². The van der Waals surface area contributed by atoms with Crippen LogP contribution in [0.15, 0.2) is 18.2 Å². The summed E-state index contributed by atoms with van der Waals surface area (Å²) < 4.78 is 50.1. The van der Waals surface area contributed by atoms with Gasteiger partial charge in [-0.1, -0.05) is 6.07 Å². The topological polar surface area (TPSA) is 32.5 Å². The standard InChI is InChI=1S/C12H15F4N3/c13-9-2-1-3-10(11(9)17)19-6-4-18(5-7-19)8-12(14,15)16/h1-3H,4-8,17H2. The van der Waals surface area contributed by atoms with Gasteiger partial charge in [0, 0.05) is 26.2 Å². The molecule has 1 aliphatic heterocycles. The first-order valence-electron chi connectivity index (χ1n) is 5.95. The van der Waals surface area contributed by atoms with Crippen LogP contribution < -0.4 is 10.6 Å². The minimum absolute atomic E-state index is 0.0479. The van der Waals surface area contributed by atoms with Crippen LogP contribution in [0.3, 0.4) is 0 Å². The minimum Gasteiger partial charge on any atom is -0.395 e. The summed E-state index contributed by atoms with van der Waals surface area (Å²) in [4.78, 5) is 3.15. The molecule has 0 spiro atoms. The van der Waals surface area contributed by atoms with Gasteiger partial charge in [-0.2, -0.15) is 13.2 Å². The number of nitrogens with two attached hydrogens (primary N) is 1. The zero-order valence-electron chi connectivity index (χ0n) is 10.3. The third-order valence-corrected chi connectivity index (χ3v) is 3.15. The fourth-order valence-electron chi connectivity index (χ4n) is 2.20. The average molecular weight is 277 g/mol. The Bertz CT molecular complexity index is 439. The van der Waals surface area contributed by atoms with Gasteiger partial charge in [-0.05, 0) is 12.1 Å². The molecule has 0 atom stereocenters. The van der Waals surface area contributed by atoms with Crippen LogP contribution in [-0.2, 0) is 0 Å². The molecule has 3 nitrogen and oxygen atoms in total. The van der Waals surface area contributed by atoms with Crippen LogP contribution in [0.25, 0.3) is 0 Å². The summed E-state index contributed by atoms with van der Waals surface area (Å²) in [6.45, 7) is 0.484. The van der Waals surface area contributed by atoms with Gasteiger partial charge in [0.25, 0.3) is 0 Å². The molecule has 2 N–H and O–H groups in total. The molecular formula is C12H15F4N3. The predicted octanol–water partition coefficient (Wildman–Crippen LogP) is 2.09. The van der Waals surface area contributed by atoms with Crippen LogP contribution in [0.2, 0.25) is 0 Å². The molecule has 1 aromatic rings. The molecule has 0 amide bonds. The Balaban J connectivity index is 1.98. The summed E-state index contributed by atoms with van der Waals surface area (Å²) in [7, 11) is 0. The number of alkyl halides is 3. The van der Waals surface area contributed by atoms with Crippen molar-refractivity contribution in [2.45, 2.75) is 6.18 Å². The Morgan fingerprint density at radius 1 is 1.11 bits per heavy atom. The van der Waals surface area contributed by atoms with Gasteiger partial charge in [-0.25, -0.2) is 4.39 Å². The van der Waals surface area contributed by atoms with Crippen LogP contribution in [0.1, 0.15) is 0 Å². The second-order valence-corrected chi connectivity index (χ2v) is 4.55.